The zero-order chi connectivity index (χ0) is 19.9. The van der Waals surface area contributed by atoms with Crippen LogP contribution < -0.4 is 10.6 Å². The van der Waals surface area contributed by atoms with Crippen LogP contribution in [0.15, 0.2) is 66.9 Å². The highest BCUT2D eigenvalue weighted by Gasteiger charge is 2.09. The molecule has 28 heavy (non-hydrogen) atoms. The average molecular weight is 375 g/mol. The van der Waals surface area contributed by atoms with E-state index in [0.29, 0.717) is 23.5 Å². The predicted molar refractivity (Wildman–Crippen MR) is 108 cm³/mol. The number of anilines is 2. The van der Waals surface area contributed by atoms with Gasteiger partial charge in [-0.1, -0.05) is 29.8 Å². The van der Waals surface area contributed by atoms with E-state index in [2.05, 4.69) is 45.5 Å². The summed E-state index contributed by atoms with van der Waals surface area (Å²) in [5, 5.41) is 6.04. The maximum absolute atomic E-state index is 12.3. The van der Waals surface area contributed by atoms with E-state index in [9.17, 15) is 9.59 Å². The fraction of sp³-hybridized carbons (Fsp3) is 0.136. The van der Waals surface area contributed by atoms with Crippen molar-refractivity contribution in [1.29, 1.82) is 0 Å². The molecule has 2 N–H and O–H groups in total. The predicted octanol–water partition coefficient (Wildman–Crippen LogP) is 4.04. The number of hydrogen-bond acceptors (Lipinski definition) is 5. The van der Waals surface area contributed by atoms with Gasteiger partial charge in [-0.2, -0.15) is 0 Å². The van der Waals surface area contributed by atoms with Gasteiger partial charge in [-0.15, -0.1) is 0 Å². The first kappa shape index (κ1) is 19.1. The summed E-state index contributed by atoms with van der Waals surface area (Å²) in [4.78, 5) is 28.0. The molecule has 0 aliphatic heterocycles. The molecule has 0 aliphatic rings. The number of pyridine rings is 1. The second-order valence-corrected chi connectivity index (χ2v) is 6.30. The van der Waals surface area contributed by atoms with Gasteiger partial charge in [0, 0.05) is 12.2 Å². The molecule has 6 nitrogen and oxygen atoms in total. The van der Waals surface area contributed by atoms with Crippen molar-refractivity contribution in [3.8, 4) is 0 Å². The molecule has 1 aromatic heterocycles. The third-order valence-electron chi connectivity index (χ3n) is 4.14. The van der Waals surface area contributed by atoms with E-state index in [4.69, 9.17) is 0 Å². The Hall–Kier alpha value is -3.67. The van der Waals surface area contributed by atoms with Gasteiger partial charge >= 0.3 is 5.97 Å². The Labute approximate surface area is 163 Å². The number of rotatable bonds is 6. The van der Waals surface area contributed by atoms with E-state index in [-0.39, 0.29) is 5.91 Å². The highest BCUT2D eigenvalue weighted by atomic mass is 16.5. The van der Waals surface area contributed by atoms with E-state index in [1.807, 2.05) is 12.1 Å². The molecule has 0 radical (unpaired) electrons. The lowest BCUT2D eigenvalue weighted by atomic mass is 10.1. The van der Waals surface area contributed by atoms with Crippen LogP contribution in [0.4, 0.5) is 11.4 Å². The molecule has 1 amide bonds. The van der Waals surface area contributed by atoms with Crippen LogP contribution in [-0.2, 0) is 11.3 Å². The highest BCUT2D eigenvalue weighted by molar-refractivity contribution is 6.03. The topological polar surface area (TPSA) is 80.3 Å². The van der Waals surface area contributed by atoms with Crippen molar-refractivity contribution < 1.29 is 14.3 Å². The Morgan fingerprint density at radius 1 is 1.00 bits per heavy atom. The van der Waals surface area contributed by atoms with Gasteiger partial charge in [-0.3, -0.25) is 4.79 Å². The first-order chi connectivity index (χ1) is 13.5. The summed E-state index contributed by atoms with van der Waals surface area (Å²) in [6, 6.07) is 18.2. The summed E-state index contributed by atoms with van der Waals surface area (Å²) in [6.45, 7) is 2.74. The van der Waals surface area contributed by atoms with Gasteiger partial charge in [-0.05, 0) is 48.9 Å². The van der Waals surface area contributed by atoms with Crippen LogP contribution in [0.3, 0.4) is 0 Å². The lowest BCUT2D eigenvalue weighted by Gasteiger charge is -2.08. The molecule has 0 unspecified atom stereocenters. The Bertz CT molecular complexity index is 967. The Morgan fingerprint density at radius 3 is 2.39 bits per heavy atom. The van der Waals surface area contributed by atoms with E-state index in [1.54, 1.807) is 36.5 Å². The molecule has 0 fully saturated rings. The number of hydrogen-bond donors (Lipinski definition) is 2. The first-order valence-electron chi connectivity index (χ1n) is 8.80. The van der Waals surface area contributed by atoms with Gasteiger partial charge in [0.05, 0.1) is 24.6 Å². The third-order valence-corrected chi connectivity index (χ3v) is 4.14. The van der Waals surface area contributed by atoms with Crippen LogP contribution in [-0.4, -0.2) is 24.0 Å². The van der Waals surface area contributed by atoms with Gasteiger partial charge in [-0.25, -0.2) is 9.78 Å². The van der Waals surface area contributed by atoms with Crippen molar-refractivity contribution in [3.05, 3.63) is 89.2 Å². The van der Waals surface area contributed by atoms with Crippen LogP contribution >= 0.6 is 0 Å². The molecule has 142 valence electrons. The summed E-state index contributed by atoms with van der Waals surface area (Å²) in [6.07, 6.45) is 1.63. The molecule has 0 atom stereocenters. The molecule has 0 spiro atoms. The molecule has 0 saturated heterocycles. The van der Waals surface area contributed by atoms with E-state index in [0.717, 1.165) is 5.69 Å². The number of carbonyl (C=O) groups excluding carboxylic acids is 2. The maximum Gasteiger partial charge on any atom is 0.337 e. The molecule has 1 heterocycles. The number of aromatic nitrogens is 1. The molecule has 3 aromatic rings. The second-order valence-electron chi connectivity index (χ2n) is 6.30. The molecule has 6 heteroatoms. The van der Waals surface area contributed by atoms with E-state index < -0.39 is 5.97 Å². The first-order valence-corrected chi connectivity index (χ1v) is 8.80. The van der Waals surface area contributed by atoms with Gasteiger partial charge in [0.2, 0.25) is 0 Å². The molecule has 0 bridgehead atoms. The van der Waals surface area contributed by atoms with Crippen molar-refractivity contribution >= 4 is 23.3 Å². The number of ether oxygens (including phenoxy) is 1. The number of methoxy groups -OCH3 is 1. The maximum atomic E-state index is 12.3. The summed E-state index contributed by atoms with van der Waals surface area (Å²) < 4.78 is 4.65. The summed E-state index contributed by atoms with van der Waals surface area (Å²) in [7, 11) is 1.32. The molecule has 2 aromatic carbocycles. The van der Waals surface area contributed by atoms with Crippen molar-refractivity contribution in [2.45, 2.75) is 13.5 Å². The average Bonchev–Trinajstić information content (AvgIpc) is 2.72. The van der Waals surface area contributed by atoms with E-state index >= 15 is 0 Å². The smallest absolute Gasteiger partial charge is 0.337 e. The minimum Gasteiger partial charge on any atom is -0.465 e. The van der Waals surface area contributed by atoms with Gasteiger partial charge in [0.15, 0.2) is 0 Å². The molecular weight excluding hydrogens is 354 g/mol. The Balaban J connectivity index is 1.58. The number of benzene rings is 2. The van der Waals surface area contributed by atoms with Crippen molar-refractivity contribution in [3.63, 3.8) is 0 Å². The second kappa shape index (κ2) is 8.81. The fourth-order valence-electron chi connectivity index (χ4n) is 2.66. The summed E-state index contributed by atoms with van der Waals surface area (Å²) >= 11 is 0. The lowest BCUT2D eigenvalue weighted by molar-refractivity contribution is 0.0600. The summed E-state index contributed by atoms with van der Waals surface area (Å²) in [5.74, 6) is -0.746. The largest absolute Gasteiger partial charge is 0.465 e. The normalized spacial score (nSPS) is 10.2. The number of amides is 1. The quantitative estimate of drug-likeness (QED) is 0.636. The fourth-order valence-corrected chi connectivity index (χ4v) is 2.66. The minimum atomic E-state index is -0.423. The number of aryl methyl sites for hydroxylation is 1. The number of carbonyl (C=O) groups is 2. The van der Waals surface area contributed by atoms with Crippen LogP contribution in [0.5, 0.6) is 0 Å². The van der Waals surface area contributed by atoms with Gasteiger partial charge in [0.1, 0.15) is 5.69 Å². The van der Waals surface area contributed by atoms with Crippen molar-refractivity contribution in [2.75, 3.05) is 17.7 Å². The summed E-state index contributed by atoms with van der Waals surface area (Å²) in [5.41, 5.74) is 4.52. The van der Waals surface area contributed by atoms with Crippen LogP contribution in [0.2, 0.25) is 0 Å². The molecule has 0 saturated carbocycles. The van der Waals surface area contributed by atoms with Gasteiger partial charge < -0.3 is 15.4 Å². The Kier molecular flexibility index (Phi) is 6.01. The van der Waals surface area contributed by atoms with Crippen LogP contribution in [0.25, 0.3) is 0 Å². The van der Waals surface area contributed by atoms with Gasteiger partial charge in [0.25, 0.3) is 5.91 Å². The highest BCUT2D eigenvalue weighted by Crippen LogP contribution is 2.13. The van der Waals surface area contributed by atoms with E-state index in [1.165, 1.54) is 18.2 Å². The molecule has 3 rings (SSSR count). The third kappa shape index (κ3) is 4.94. The van der Waals surface area contributed by atoms with Crippen LogP contribution in [0.1, 0.15) is 32.0 Å². The van der Waals surface area contributed by atoms with Crippen molar-refractivity contribution in [2.24, 2.45) is 0 Å². The zero-order valence-electron chi connectivity index (χ0n) is 15.7. The number of esters is 1. The number of nitrogens with zero attached hydrogens (tertiary/aromatic N) is 1. The van der Waals surface area contributed by atoms with Crippen LogP contribution in [0, 0.1) is 6.92 Å². The minimum absolute atomic E-state index is 0.304. The zero-order valence-corrected chi connectivity index (χ0v) is 15.7. The van der Waals surface area contributed by atoms with Crippen molar-refractivity contribution in [1.82, 2.24) is 4.98 Å². The standard InChI is InChI=1S/C22H21N3O3/c1-15-4-3-5-16(12-15)13-23-19-10-11-20(24-14-19)21(26)25-18-8-6-17(7-9-18)22(27)28-2/h3-12,14,23H,13H2,1-2H3,(H,25,26). The molecule has 0 aliphatic carbocycles. The SMILES string of the molecule is COC(=O)c1ccc(NC(=O)c2ccc(NCc3cccc(C)c3)cn2)cc1. The number of nitrogens with one attached hydrogen (secondary N) is 2. The Morgan fingerprint density at radius 2 is 1.75 bits per heavy atom. The lowest BCUT2D eigenvalue weighted by Crippen LogP contribution is -2.14. The monoisotopic (exact) mass is 375 g/mol. The molecular formula is C22H21N3O3.